The molecule has 1 heterocycles. The van der Waals surface area contributed by atoms with E-state index in [9.17, 15) is 4.39 Å². The van der Waals surface area contributed by atoms with E-state index in [0.717, 1.165) is 88.5 Å². The molecule has 0 radical (unpaired) electrons. The van der Waals surface area contributed by atoms with Crippen molar-refractivity contribution in [1.29, 1.82) is 0 Å². The van der Waals surface area contributed by atoms with E-state index in [2.05, 4.69) is 71.1 Å². The van der Waals surface area contributed by atoms with Crippen molar-refractivity contribution in [2.75, 3.05) is 39.1 Å². The summed E-state index contributed by atoms with van der Waals surface area (Å²) < 4.78 is 22.0. The smallest absolute Gasteiger partial charge is 0.127 e. The number of benzene rings is 3. The van der Waals surface area contributed by atoms with Crippen LogP contribution in [0.25, 0.3) is 27.5 Å². The van der Waals surface area contributed by atoms with Gasteiger partial charge in [-0.25, -0.2) is 4.39 Å². The average Bonchev–Trinajstić information content (AvgIpc) is 3.21. The lowest BCUT2D eigenvalue weighted by Crippen LogP contribution is -2.13. The number of rotatable bonds is 14. The summed E-state index contributed by atoms with van der Waals surface area (Å²) in [6.07, 6.45) is 7.44. The summed E-state index contributed by atoms with van der Waals surface area (Å²) in [5, 5.41) is 11.1. The second kappa shape index (κ2) is 15.3. The largest absolute Gasteiger partial charge is 0.493 e. The van der Waals surface area contributed by atoms with Crippen LogP contribution in [0.15, 0.2) is 54.6 Å². The highest BCUT2D eigenvalue weighted by Gasteiger charge is 2.23. The van der Waals surface area contributed by atoms with Crippen LogP contribution in [0, 0.1) is 25.1 Å². The molecular weight excluding hydrogens is 583 g/mol. The van der Waals surface area contributed by atoms with Crippen molar-refractivity contribution in [2.24, 2.45) is 12.5 Å². The molecular formula is C38H50ClFN4O. The highest BCUT2D eigenvalue weighted by Crippen LogP contribution is 2.44. The summed E-state index contributed by atoms with van der Waals surface area (Å²) in [5.41, 5.74) is 7.63. The molecule has 0 bridgehead atoms. The van der Waals surface area contributed by atoms with E-state index in [0.29, 0.717) is 6.61 Å². The predicted molar refractivity (Wildman–Crippen MR) is 190 cm³/mol. The number of nitrogens with one attached hydrogen (secondary N) is 1. The van der Waals surface area contributed by atoms with Crippen LogP contribution in [0.4, 0.5) is 10.1 Å². The highest BCUT2D eigenvalue weighted by atomic mass is 35.5. The Kier molecular flexibility index (Phi) is 11.7. The van der Waals surface area contributed by atoms with E-state index in [4.69, 9.17) is 21.4 Å². The fourth-order valence-corrected chi connectivity index (χ4v) is 6.21. The van der Waals surface area contributed by atoms with E-state index in [1.54, 1.807) is 12.1 Å². The van der Waals surface area contributed by atoms with Crippen molar-refractivity contribution >= 4 is 33.6 Å². The Bertz CT molecular complexity index is 1630. The molecule has 5 nitrogen and oxygen atoms in total. The SMILES string of the molecule is Cc1nn(C)c(C)c1-c1c(Cl)ccc(/C(=C/C(C)(C)C)CCCOc2cccc3cc(F)ccc23)c1NCCCCCN(C)C. The number of hydrogen-bond donors (Lipinski definition) is 1. The molecule has 0 unspecified atom stereocenters. The number of halogens is 2. The molecule has 3 aromatic carbocycles. The second-order valence-electron chi connectivity index (χ2n) is 13.4. The average molecular weight is 633 g/mol. The van der Waals surface area contributed by atoms with E-state index in [1.807, 2.05) is 36.0 Å². The topological polar surface area (TPSA) is 42.3 Å². The molecule has 0 amide bonds. The molecule has 242 valence electrons. The van der Waals surface area contributed by atoms with E-state index in [-0.39, 0.29) is 11.2 Å². The molecule has 0 aliphatic carbocycles. The van der Waals surface area contributed by atoms with Gasteiger partial charge in [0.05, 0.1) is 23.0 Å². The number of allylic oxidation sites excluding steroid dienone is 2. The number of aryl methyl sites for hydroxylation is 2. The number of unbranched alkanes of at least 4 members (excludes halogenated alkanes) is 2. The maximum absolute atomic E-state index is 13.8. The second-order valence-corrected chi connectivity index (χ2v) is 13.8. The third kappa shape index (κ3) is 9.11. The normalized spacial score (nSPS) is 12.4. The van der Waals surface area contributed by atoms with Crippen molar-refractivity contribution in [3.63, 3.8) is 0 Å². The molecule has 0 aliphatic rings. The van der Waals surface area contributed by atoms with Crippen LogP contribution in [-0.2, 0) is 7.05 Å². The minimum atomic E-state index is -0.242. The van der Waals surface area contributed by atoms with Crippen molar-refractivity contribution in [2.45, 2.75) is 66.7 Å². The van der Waals surface area contributed by atoms with E-state index < -0.39 is 0 Å². The number of aromatic nitrogens is 2. The molecule has 0 fully saturated rings. The number of hydrogen-bond acceptors (Lipinski definition) is 4. The molecule has 7 heteroatoms. The predicted octanol–water partition coefficient (Wildman–Crippen LogP) is 10.1. The molecule has 45 heavy (non-hydrogen) atoms. The van der Waals surface area contributed by atoms with Crippen molar-refractivity contribution < 1.29 is 9.13 Å². The maximum atomic E-state index is 13.8. The van der Waals surface area contributed by atoms with Crippen LogP contribution in [0.2, 0.25) is 5.02 Å². The standard InChI is InChI=1S/C38H50ClFN4O/c1-26-35(27(2)44(8)42-26)36-33(39)20-19-32(37(36)41-21-10-9-11-22-43(6)7)29(25-38(3,4)5)15-13-23-45-34-16-12-14-28-24-30(40)17-18-31(28)34/h12,14,16-20,24-25,41H,9-11,13,15,21-23H2,1-8H3/b29-25+. The lowest BCUT2D eigenvalue weighted by atomic mass is 9.86. The Morgan fingerprint density at radius 3 is 2.49 bits per heavy atom. The number of nitrogens with zero attached hydrogens (tertiary/aromatic N) is 3. The minimum absolute atomic E-state index is 0.0285. The van der Waals surface area contributed by atoms with Gasteiger partial charge in [-0.1, -0.05) is 63.1 Å². The van der Waals surface area contributed by atoms with Crippen LogP contribution in [0.1, 0.15) is 69.8 Å². The Labute approximate surface area is 274 Å². The van der Waals surface area contributed by atoms with Gasteiger partial charge in [-0.2, -0.15) is 5.10 Å². The molecule has 1 N–H and O–H groups in total. The summed E-state index contributed by atoms with van der Waals surface area (Å²) in [5.74, 6) is 0.537. The summed E-state index contributed by atoms with van der Waals surface area (Å²) in [6, 6.07) is 14.8. The zero-order chi connectivity index (χ0) is 32.7. The van der Waals surface area contributed by atoms with Crippen LogP contribution >= 0.6 is 11.6 Å². The van der Waals surface area contributed by atoms with Crippen molar-refractivity contribution in [3.05, 3.63) is 82.4 Å². The summed E-state index contributed by atoms with van der Waals surface area (Å²) in [4.78, 5) is 2.24. The van der Waals surface area contributed by atoms with Gasteiger partial charge >= 0.3 is 0 Å². The molecule has 4 aromatic rings. The Morgan fingerprint density at radius 2 is 1.80 bits per heavy atom. The zero-order valence-corrected chi connectivity index (χ0v) is 29.1. The lowest BCUT2D eigenvalue weighted by molar-refractivity contribution is 0.316. The van der Waals surface area contributed by atoms with Gasteiger partial charge in [0.25, 0.3) is 0 Å². The highest BCUT2D eigenvalue weighted by molar-refractivity contribution is 6.34. The minimum Gasteiger partial charge on any atom is -0.493 e. The Hall–Kier alpha value is -3.35. The van der Waals surface area contributed by atoms with Gasteiger partial charge in [-0.3, -0.25) is 4.68 Å². The fourth-order valence-electron chi connectivity index (χ4n) is 5.95. The molecule has 4 rings (SSSR count). The van der Waals surface area contributed by atoms with Gasteiger partial charge in [0.2, 0.25) is 0 Å². The van der Waals surface area contributed by atoms with Crippen LogP contribution in [0.5, 0.6) is 5.75 Å². The van der Waals surface area contributed by atoms with Gasteiger partial charge in [0.15, 0.2) is 0 Å². The molecule has 0 atom stereocenters. The molecule has 0 saturated carbocycles. The maximum Gasteiger partial charge on any atom is 0.127 e. The van der Waals surface area contributed by atoms with Crippen LogP contribution in [-0.4, -0.2) is 48.5 Å². The molecule has 0 saturated heterocycles. The summed E-state index contributed by atoms with van der Waals surface area (Å²) in [7, 11) is 6.23. The molecule has 0 spiro atoms. The van der Waals surface area contributed by atoms with Crippen LogP contribution < -0.4 is 10.1 Å². The van der Waals surface area contributed by atoms with Gasteiger partial charge < -0.3 is 15.0 Å². The van der Waals surface area contributed by atoms with Crippen LogP contribution in [0.3, 0.4) is 0 Å². The first-order chi connectivity index (χ1) is 21.4. The zero-order valence-electron chi connectivity index (χ0n) is 28.4. The van der Waals surface area contributed by atoms with Gasteiger partial charge in [0.1, 0.15) is 11.6 Å². The van der Waals surface area contributed by atoms with Gasteiger partial charge in [0, 0.05) is 41.4 Å². The third-order valence-corrected chi connectivity index (χ3v) is 8.42. The first kappa shape index (κ1) is 34.5. The lowest BCUT2D eigenvalue weighted by Gasteiger charge is -2.23. The van der Waals surface area contributed by atoms with Crippen molar-refractivity contribution in [1.82, 2.24) is 14.7 Å². The van der Waals surface area contributed by atoms with E-state index >= 15 is 0 Å². The molecule has 0 aliphatic heterocycles. The summed E-state index contributed by atoms with van der Waals surface area (Å²) in [6.45, 7) is 13.4. The summed E-state index contributed by atoms with van der Waals surface area (Å²) >= 11 is 7.03. The fraction of sp³-hybridized carbons (Fsp3) is 0.447. The van der Waals surface area contributed by atoms with Gasteiger partial charge in [-0.05, 0) is 107 Å². The third-order valence-electron chi connectivity index (χ3n) is 8.10. The quantitative estimate of drug-likeness (QED) is 0.140. The first-order valence-corrected chi connectivity index (χ1v) is 16.5. The monoisotopic (exact) mass is 632 g/mol. The Morgan fingerprint density at radius 1 is 1.02 bits per heavy atom. The number of fused-ring (bicyclic) bond motifs is 1. The number of ether oxygens (including phenoxy) is 1. The Balaban J connectivity index is 1.65. The van der Waals surface area contributed by atoms with E-state index in [1.165, 1.54) is 23.6 Å². The molecule has 1 aromatic heterocycles. The van der Waals surface area contributed by atoms with Crippen molar-refractivity contribution in [3.8, 4) is 16.9 Å². The first-order valence-electron chi connectivity index (χ1n) is 16.1. The van der Waals surface area contributed by atoms with Gasteiger partial charge in [-0.15, -0.1) is 0 Å². The number of anilines is 1.